The lowest BCUT2D eigenvalue weighted by Crippen LogP contribution is -2.43. The van der Waals surface area contributed by atoms with E-state index in [-0.39, 0.29) is 0 Å². The molecule has 0 aliphatic carbocycles. The maximum Gasteiger partial charge on any atom is 0.281 e. The number of hydrogen-bond acceptors (Lipinski definition) is 3. The van der Waals surface area contributed by atoms with E-state index in [2.05, 4.69) is 0 Å². The second kappa shape index (κ2) is 5.54. The smallest absolute Gasteiger partial charge is 0.281 e. The minimum atomic E-state index is -3.28. The molecule has 0 spiro atoms. The Morgan fingerprint density at radius 1 is 1.23 bits per heavy atom. The number of hydrogen-bond donors (Lipinski definition) is 1. The molecule has 0 amide bonds. The molecule has 0 aromatic rings. The van der Waals surface area contributed by atoms with Gasteiger partial charge in [-0.25, -0.2) is 0 Å². The highest BCUT2D eigenvalue weighted by molar-refractivity contribution is 7.86. The van der Waals surface area contributed by atoms with E-state index in [1.54, 1.807) is 7.05 Å². The molecule has 0 heterocycles. The lowest BCUT2D eigenvalue weighted by Gasteiger charge is -2.24. The van der Waals surface area contributed by atoms with E-state index >= 15 is 0 Å². The fourth-order valence-electron chi connectivity index (χ4n) is 1.04. The van der Waals surface area contributed by atoms with Crippen molar-refractivity contribution in [3.63, 3.8) is 0 Å². The number of likely N-dealkylation sites (N-methyl/N-ethyl adjacent to an activating group) is 1. The second-order valence-corrected chi connectivity index (χ2v) is 4.74. The molecular weight excluding hydrogens is 190 g/mol. The Morgan fingerprint density at radius 2 is 1.69 bits per heavy atom. The summed E-state index contributed by atoms with van der Waals surface area (Å²) < 4.78 is 26.0. The molecule has 80 valence electrons. The Bertz CT molecular complexity index is 224. The molecule has 0 saturated heterocycles. The molecule has 6 heteroatoms. The van der Waals surface area contributed by atoms with Gasteiger partial charge in [-0.1, -0.05) is 13.8 Å². The van der Waals surface area contributed by atoms with Crippen molar-refractivity contribution in [2.75, 3.05) is 33.2 Å². The summed E-state index contributed by atoms with van der Waals surface area (Å²) in [6.07, 6.45) is 0. The fraction of sp³-hybridized carbons (Fsp3) is 1.00. The summed E-state index contributed by atoms with van der Waals surface area (Å²) in [6.45, 7) is 5.33. The van der Waals surface area contributed by atoms with Gasteiger partial charge in [-0.2, -0.15) is 17.0 Å². The number of nitrogens with zero attached hydrogens (tertiary/aromatic N) is 2. The molecule has 0 aliphatic rings. The van der Waals surface area contributed by atoms with Crippen molar-refractivity contribution in [3.05, 3.63) is 0 Å². The molecule has 0 rings (SSSR count). The molecule has 0 fully saturated rings. The van der Waals surface area contributed by atoms with Crippen LogP contribution in [0.3, 0.4) is 0 Å². The van der Waals surface area contributed by atoms with Crippen LogP contribution < -0.4 is 5.73 Å². The number of nitrogens with two attached hydrogens (primary N) is 1. The predicted octanol–water partition coefficient (Wildman–Crippen LogP) is -0.536. The highest BCUT2D eigenvalue weighted by Gasteiger charge is 2.23. The third-order valence-corrected chi connectivity index (χ3v) is 4.01. The summed E-state index contributed by atoms with van der Waals surface area (Å²) in [5, 5.41) is 0. The van der Waals surface area contributed by atoms with E-state index in [4.69, 9.17) is 5.73 Å². The second-order valence-electron chi connectivity index (χ2n) is 2.70. The van der Waals surface area contributed by atoms with Crippen LogP contribution in [0.5, 0.6) is 0 Å². The molecule has 0 aromatic heterocycles. The lowest BCUT2D eigenvalue weighted by molar-refractivity contribution is 0.380. The first-order valence-electron chi connectivity index (χ1n) is 4.42. The van der Waals surface area contributed by atoms with Crippen LogP contribution in [0.25, 0.3) is 0 Å². The Kier molecular flexibility index (Phi) is 5.46. The Hall–Kier alpha value is -0.170. The zero-order valence-corrected chi connectivity index (χ0v) is 9.34. The minimum absolute atomic E-state index is 0.344. The summed E-state index contributed by atoms with van der Waals surface area (Å²) in [5.41, 5.74) is 5.28. The Balaban J connectivity index is 4.53. The fourth-order valence-corrected chi connectivity index (χ4v) is 2.43. The van der Waals surface area contributed by atoms with E-state index < -0.39 is 10.2 Å². The lowest BCUT2D eigenvalue weighted by atomic mass is 10.7. The van der Waals surface area contributed by atoms with E-state index in [1.807, 2.05) is 13.8 Å². The van der Waals surface area contributed by atoms with Crippen molar-refractivity contribution in [1.82, 2.24) is 8.61 Å². The van der Waals surface area contributed by atoms with Crippen LogP contribution in [0.1, 0.15) is 13.8 Å². The Labute approximate surface area is 80.7 Å². The van der Waals surface area contributed by atoms with Gasteiger partial charge in [0, 0.05) is 33.2 Å². The monoisotopic (exact) mass is 209 g/mol. The van der Waals surface area contributed by atoms with Gasteiger partial charge in [-0.15, -0.1) is 0 Å². The SMILES string of the molecule is CCN(CC)S(=O)(=O)N(C)CCN. The van der Waals surface area contributed by atoms with Crippen molar-refractivity contribution in [1.29, 1.82) is 0 Å². The molecule has 0 unspecified atom stereocenters. The van der Waals surface area contributed by atoms with Crippen molar-refractivity contribution >= 4 is 10.2 Å². The van der Waals surface area contributed by atoms with Gasteiger partial charge >= 0.3 is 0 Å². The largest absolute Gasteiger partial charge is 0.329 e. The highest BCUT2D eigenvalue weighted by Crippen LogP contribution is 2.04. The quantitative estimate of drug-likeness (QED) is 0.639. The third-order valence-electron chi connectivity index (χ3n) is 1.87. The third kappa shape index (κ3) is 3.22. The van der Waals surface area contributed by atoms with Gasteiger partial charge in [-0.3, -0.25) is 0 Å². The first-order valence-corrected chi connectivity index (χ1v) is 5.81. The van der Waals surface area contributed by atoms with Gasteiger partial charge in [-0.05, 0) is 0 Å². The van der Waals surface area contributed by atoms with E-state index in [0.29, 0.717) is 26.2 Å². The standard InChI is InChI=1S/C7H19N3O2S/c1-4-10(5-2)13(11,12)9(3)7-6-8/h4-8H2,1-3H3. The van der Waals surface area contributed by atoms with E-state index in [9.17, 15) is 8.42 Å². The van der Waals surface area contributed by atoms with Crippen LogP contribution in [-0.2, 0) is 10.2 Å². The van der Waals surface area contributed by atoms with Gasteiger partial charge in [0.05, 0.1) is 0 Å². The molecule has 0 radical (unpaired) electrons. The van der Waals surface area contributed by atoms with Crippen molar-refractivity contribution in [2.24, 2.45) is 5.73 Å². The molecule has 2 N–H and O–H groups in total. The maximum absolute atomic E-state index is 11.7. The minimum Gasteiger partial charge on any atom is -0.329 e. The van der Waals surface area contributed by atoms with Crippen LogP contribution in [0.4, 0.5) is 0 Å². The first kappa shape index (κ1) is 12.8. The van der Waals surface area contributed by atoms with Gasteiger partial charge in [0.1, 0.15) is 0 Å². The van der Waals surface area contributed by atoms with Crippen molar-refractivity contribution in [3.8, 4) is 0 Å². The van der Waals surface area contributed by atoms with Gasteiger partial charge < -0.3 is 5.73 Å². The van der Waals surface area contributed by atoms with Crippen LogP contribution in [-0.4, -0.2) is 50.3 Å². The molecule has 0 aliphatic heterocycles. The molecule has 0 atom stereocenters. The van der Waals surface area contributed by atoms with Crippen LogP contribution >= 0.6 is 0 Å². The Morgan fingerprint density at radius 3 is 2.00 bits per heavy atom. The summed E-state index contributed by atoms with van der Waals surface area (Å²) in [6, 6.07) is 0. The zero-order valence-electron chi connectivity index (χ0n) is 8.52. The summed E-state index contributed by atoms with van der Waals surface area (Å²) in [4.78, 5) is 0. The van der Waals surface area contributed by atoms with E-state index in [1.165, 1.54) is 8.61 Å². The molecule has 13 heavy (non-hydrogen) atoms. The van der Waals surface area contributed by atoms with Gasteiger partial charge in [0.15, 0.2) is 0 Å². The summed E-state index contributed by atoms with van der Waals surface area (Å²) >= 11 is 0. The summed E-state index contributed by atoms with van der Waals surface area (Å²) in [5.74, 6) is 0. The van der Waals surface area contributed by atoms with Crippen molar-refractivity contribution < 1.29 is 8.42 Å². The molecule has 0 saturated carbocycles. The average Bonchev–Trinajstić information content (AvgIpc) is 2.06. The molecule has 0 bridgehead atoms. The van der Waals surface area contributed by atoms with E-state index in [0.717, 1.165) is 0 Å². The molecule has 5 nitrogen and oxygen atoms in total. The first-order chi connectivity index (χ1) is 6.00. The van der Waals surface area contributed by atoms with Crippen LogP contribution in [0.15, 0.2) is 0 Å². The topological polar surface area (TPSA) is 66.6 Å². The summed E-state index contributed by atoms with van der Waals surface area (Å²) in [7, 11) is -1.73. The normalized spacial score (nSPS) is 12.8. The van der Waals surface area contributed by atoms with Crippen LogP contribution in [0, 0.1) is 0 Å². The average molecular weight is 209 g/mol. The molecular formula is C7H19N3O2S. The van der Waals surface area contributed by atoms with Crippen LogP contribution in [0.2, 0.25) is 0 Å². The number of rotatable bonds is 6. The highest BCUT2D eigenvalue weighted by atomic mass is 32.2. The van der Waals surface area contributed by atoms with Gasteiger partial charge in [0.25, 0.3) is 10.2 Å². The zero-order chi connectivity index (χ0) is 10.5. The van der Waals surface area contributed by atoms with Crippen molar-refractivity contribution in [2.45, 2.75) is 13.8 Å². The maximum atomic E-state index is 11.7. The molecule has 0 aromatic carbocycles. The predicted molar refractivity (Wildman–Crippen MR) is 53.5 cm³/mol. The van der Waals surface area contributed by atoms with Gasteiger partial charge in [0.2, 0.25) is 0 Å².